The number of carbonyl (C=O) groups excluding carboxylic acids is 1. The quantitative estimate of drug-likeness (QED) is 0.829. The predicted octanol–water partition coefficient (Wildman–Crippen LogP) is 3.65. The van der Waals surface area contributed by atoms with E-state index in [4.69, 9.17) is 27.9 Å². The lowest BCUT2D eigenvalue weighted by atomic mass is 10.2. The van der Waals surface area contributed by atoms with Crippen LogP contribution in [0.3, 0.4) is 0 Å². The van der Waals surface area contributed by atoms with Crippen molar-refractivity contribution in [2.45, 2.75) is 12.8 Å². The molecule has 0 spiro atoms. The zero-order chi connectivity index (χ0) is 11.3. The molecule has 1 rings (SSSR count). The molecule has 1 N–H and O–H groups in total. The third-order valence-electron chi connectivity index (χ3n) is 1.76. The Labute approximate surface area is 98.3 Å². The first-order valence-electron chi connectivity index (χ1n) is 4.46. The van der Waals surface area contributed by atoms with Crippen LogP contribution in [0.4, 0.5) is 10.5 Å². The third kappa shape index (κ3) is 3.29. The summed E-state index contributed by atoms with van der Waals surface area (Å²) in [5.41, 5.74) is 1.27. The lowest BCUT2D eigenvalue weighted by molar-refractivity contribution is 0.168. The smallest absolute Gasteiger partial charge is 0.411 e. The third-order valence-corrected chi connectivity index (χ3v) is 2.39. The highest BCUT2D eigenvalue weighted by Gasteiger charge is 2.09. The van der Waals surface area contributed by atoms with E-state index in [2.05, 4.69) is 5.32 Å². The summed E-state index contributed by atoms with van der Waals surface area (Å²) in [7, 11) is 0. The molecule has 0 bridgehead atoms. The molecule has 82 valence electrons. The number of rotatable bonds is 3. The lowest BCUT2D eigenvalue weighted by Gasteiger charge is -2.10. The van der Waals surface area contributed by atoms with E-state index in [1.54, 1.807) is 25.1 Å². The Balaban J connectivity index is 2.84. The van der Waals surface area contributed by atoms with Crippen molar-refractivity contribution in [2.75, 3.05) is 11.9 Å². The molecule has 3 nitrogen and oxygen atoms in total. The van der Waals surface area contributed by atoms with E-state index < -0.39 is 6.09 Å². The Morgan fingerprint density at radius 2 is 2.27 bits per heavy atom. The number of hydrogen-bond acceptors (Lipinski definition) is 2. The highest BCUT2D eigenvalue weighted by atomic mass is 35.5. The largest absolute Gasteiger partial charge is 0.450 e. The minimum absolute atomic E-state index is 0.238. The van der Waals surface area contributed by atoms with Crippen LogP contribution in [0.2, 0.25) is 5.02 Å². The van der Waals surface area contributed by atoms with Crippen LogP contribution in [0.1, 0.15) is 12.5 Å². The van der Waals surface area contributed by atoms with E-state index in [0.29, 0.717) is 22.9 Å². The fourth-order valence-electron chi connectivity index (χ4n) is 1.09. The second-order valence-electron chi connectivity index (χ2n) is 2.75. The highest BCUT2D eigenvalue weighted by molar-refractivity contribution is 6.32. The summed E-state index contributed by atoms with van der Waals surface area (Å²) < 4.78 is 4.75. The maximum Gasteiger partial charge on any atom is 0.411 e. The van der Waals surface area contributed by atoms with E-state index in [1.165, 1.54) is 0 Å². The van der Waals surface area contributed by atoms with Crippen LogP contribution in [0.15, 0.2) is 18.2 Å². The SMILES string of the molecule is CCOC(=O)Nc1cccc(Cl)c1CCl. The number of carbonyl (C=O) groups is 1. The van der Waals surface area contributed by atoms with Gasteiger partial charge in [-0.3, -0.25) is 5.32 Å². The van der Waals surface area contributed by atoms with Crippen molar-refractivity contribution in [3.63, 3.8) is 0 Å². The van der Waals surface area contributed by atoms with Gasteiger partial charge in [0, 0.05) is 16.3 Å². The monoisotopic (exact) mass is 247 g/mol. The van der Waals surface area contributed by atoms with Crippen LogP contribution >= 0.6 is 23.2 Å². The molecule has 0 heterocycles. The van der Waals surface area contributed by atoms with E-state index in [9.17, 15) is 4.79 Å². The number of hydrogen-bond donors (Lipinski definition) is 1. The van der Waals surface area contributed by atoms with Gasteiger partial charge in [-0.1, -0.05) is 17.7 Å². The summed E-state index contributed by atoms with van der Waals surface area (Å²) in [4.78, 5) is 11.2. The molecule has 0 unspecified atom stereocenters. The standard InChI is InChI=1S/C10H11Cl2NO2/c1-2-15-10(14)13-9-5-3-4-8(12)7(9)6-11/h3-5H,2,6H2,1H3,(H,13,14). The molecule has 0 saturated carbocycles. The van der Waals surface area contributed by atoms with Crippen molar-refractivity contribution >= 4 is 35.0 Å². The molecule has 0 fully saturated rings. The number of ether oxygens (including phenoxy) is 1. The van der Waals surface area contributed by atoms with Crippen molar-refractivity contribution in [2.24, 2.45) is 0 Å². The molecule has 5 heteroatoms. The molecule has 1 aromatic carbocycles. The van der Waals surface area contributed by atoms with Gasteiger partial charge in [-0.15, -0.1) is 11.6 Å². The maximum absolute atomic E-state index is 11.2. The zero-order valence-electron chi connectivity index (χ0n) is 8.22. The van der Waals surface area contributed by atoms with E-state index in [1.807, 2.05) is 0 Å². The van der Waals surface area contributed by atoms with Crippen LogP contribution in [-0.2, 0) is 10.6 Å². The van der Waals surface area contributed by atoms with Gasteiger partial charge in [0.15, 0.2) is 0 Å². The molecule has 0 radical (unpaired) electrons. The highest BCUT2D eigenvalue weighted by Crippen LogP contribution is 2.25. The summed E-state index contributed by atoms with van der Waals surface area (Å²) >= 11 is 11.6. The van der Waals surface area contributed by atoms with E-state index in [0.717, 1.165) is 0 Å². The van der Waals surface area contributed by atoms with E-state index in [-0.39, 0.29) is 5.88 Å². The van der Waals surface area contributed by atoms with Gasteiger partial charge in [-0.25, -0.2) is 4.79 Å². The van der Waals surface area contributed by atoms with Crippen LogP contribution in [0.5, 0.6) is 0 Å². The van der Waals surface area contributed by atoms with Crippen LogP contribution < -0.4 is 5.32 Å². The first-order chi connectivity index (χ1) is 7.19. The molecule has 0 atom stereocenters. The molecular formula is C10H11Cl2NO2. The number of benzene rings is 1. The summed E-state index contributed by atoms with van der Waals surface area (Å²) in [5.74, 6) is 0.238. The van der Waals surface area contributed by atoms with Crippen molar-refractivity contribution in [1.29, 1.82) is 0 Å². The Bertz CT molecular complexity index is 355. The Morgan fingerprint density at radius 3 is 2.87 bits per heavy atom. The van der Waals surface area contributed by atoms with Gasteiger partial charge in [0.2, 0.25) is 0 Å². The number of amides is 1. The number of halogens is 2. The van der Waals surface area contributed by atoms with Gasteiger partial charge < -0.3 is 4.74 Å². The maximum atomic E-state index is 11.2. The van der Waals surface area contributed by atoms with Crippen LogP contribution in [0, 0.1) is 0 Å². The summed E-state index contributed by atoms with van der Waals surface area (Å²) in [6.07, 6.45) is -0.508. The molecule has 0 aromatic heterocycles. The number of nitrogens with one attached hydrogen (secondary N) is 1. The zero-order valence-corrected chi connectivity index (χ0v) is 9.73. The van der Waals surface area contributed by atoms with Crippen LogP contribution in [0.25, 0.3) is 0 Å². The number of alkyl halides is 1. The lowest BCUT2D eigenvalue weighted by Crippen LogP contribution is -2.14. The molecule has 0 aliphatic rings. The summed E-state index contributed by atoms with van der Waals surface area (Å²) in [6.45, 7) is 2.06. The second-order valence-corrected chi connectivity index (χ2v) is 3.42. The minimum Gasteiger partial charge on any atom is -0.450 e. The fourth-order valence-corrected chi connectivity index (χ4v) is 1.69. The normalized spacial score (nSPS) is 9.80. The molecule has 0 aliphatic heterocycles. The van der Waals surface area contributed by atoms with Gasteiger partial charge in [-0.2, -0.15) is 0 Å². The van der Waals surface area contributed by atoms with Gasteiger partial charge in [0.05, 0.1) is 12.5 Å². The van der Waals surface area contributed by atoms with Gasteiger partial charge in [-0.05, 0) is 19.1 Å². The van der Waals surface area contributed by atoms with Crippen molar-refractivity contribution in [1.82, 2.24) is 0 Å². The van der Waals surface area contributed by atoms with Crippen molar-refractivity contribution < 1.29 is 9.53 Å². The summed E-state index contributed by atoms with van der Waals surface area (Å²) in [6, 6.07) is 5.18. The first-order valence-corrected chi connectivity index (χ1v) is 5.37. The second kappa shape index (κ2) is 5.83. The molecule has 15 heavy (non-hydrogen) atoms. The Hall–Kier alpha value is -0.930. The Kier molecular flexibility index (Phi) is 4.72. The topological polar surface area (TPSA) is 38.3 Å². The van der Waals surface area contributed by atoms with E-state index >= 15 is 0 Å². The first kappa shape index (κ1) is 12.1. The molecule has 1 aromatic rings. The fraction of sp³-hybridized carbons (Fsp3) is 0.300. The summed E-state index contributed by atoms with van der Waals surface area (Å²) in [5, 5.41) is 3.10. The van der Waals surface area contributed by atoms with Crippen LogP contribution in [-0.4, -0.2) is 12.7 Å². The minimum atomic E-state index is -0.508. The molecular weight excluding hydrogens is 237 g/mol. The number of anilines is 1. The molecule has 0 saturated heterocycles. The van der Waals surface area contributed by atoms with Crippen molar-refractivity contribution in [3.05, 3.63) is 28.8 Å². The molecule has 1 amide bonds. The average molecular weight is 248 g/mol. The van der Waals surface area contributed by atoms with Gasteiger partial charge >= 0.3 is 6.09 Å². The average Bonchev–Trinajstić information content (AvgIpc) is 2.18. The van der Waals surface area contributed by atoms with Gasteiger partial charge in [0.25, 0.3) is 0 Å². The predicted molar refractivity (Wildman–Crippen MR) is 61.7 cm³/mol. The van der Waals surface area contributed by atoms with Gasteiger partial charge in [0.1, 0.15) is 0 Å². The van der Waals surface area contributed by atoms with Crippen molar-refractivity contribution in [3.8, 4) is 0 Å². The molecule has 0 aliphatic carbocycles. The Morgan fingerprint density at radius 1 is 1.53 bits per heavy atom.